The Balaban J connectivity index is 0.000000182. The highest BCUT2D eigenvalue weighted by molar-refractivity contribution is 5.84. The molecule has 0 unspecified atom stereocenters. The quantitative estimate of drug-likeness (QED) is 0.0408. The van der Waals surface area contributed by atoms with Crippen LogP contribution in [0, 0.1) is 0 Å². The highest BCUT2D eigenvalue weighted by Gasteiger charge is 2.46. The number of hydrogen-bond donors (Lipinski definition) is 8. The molecule has 8 atom stereocenters. The Hall–Kier alpha value is -6.82. The molecule has 80 heavy (non-hydrogen) atoms. The molecule has 0 amide bonds. The molecule has 6 heterocycles. The lowest BCUT2D eigenvalue weighted by Gasteiger charge is -2.23. The lowest BCUT2D eigenvalue weighted by Crippen LogP contribution is -2.33. The largest absolute Gasteiger partial charge is 0.387 e. The molecule has 20 nitrogen and oxygen atoms in total. The number of anilines is 2. The van der Waals surface area contributed by atoms with E-state index in [4.69, 9.17) is 39.6 Å². The van der Waals surface area contributed by atoms with Gasteiger partial charge in [-0.3, -0.25) is 9.13 Å². The van der Waals surface area contributed by atoms with E-state index in [1.165, 1.54) is 61.5 Å². The molecule has 11 rings (SSSR count). The number of benzene rings is 4. The van der Waals surface area contributed by atoms with Crippen LogP contribution in [-0.4, -0.2) is 156 Å². The van der Waals surface area contributed by atoms with Crippen molar-refractivity contribution in [2.45, 2.75) is 112 Å². The van der Waals surface area contributed by atoms with Gasteiger partial charge in [-0.1, -0.05) is 141 Å². The molecule has 2 saturated heterocycles. The van der Waals surface area contributed by atoms with Crippen molar-refractivity contribution in [3.05, 3.63) is 168 Å². The van der Waals surface area contributed by atoms with Crippen LogP contribution in [0.15, 0.2) is 134 Å². The van der Waals surface area contributed by atoms with Gasteiger partial charge in [0.2, 0.25) is 0 Å². The summed E-state index contributed by atoms with van der Waals surface area (Å²) in [5, 5.41) is 53.4. The molecule has 0 spiro atoms. The Morgan fingerprint density at radius 3 is 1.34 bits per heavy atom. The summed E-state index contributed by atoms with van der Waals surface area (Å²) in [4.78, 5) is 28.5. The third-order valence-electron chi connectivity index (χ3n) is 15.3. The van der Waals surface area contributed by atoms with Gasteiger partial charge < -0.3 is 61.1 Å². The zero-order valence-corrected chi connectivity index (χ0v) is 45.3. The van der Waals surface area contributed by atoms with Crippen LogP contribution in [0.4, 0.5) is 11.6 Å². The number of aliphatic hydroxyl groups is 4. The van der Waals surface area contributed by atoms with Crippen molar-refractivity contribution in [2.24, 2.45) is 5.73 Å². The molecule has 4 aromatic carbocycles. The normalized spacial score (nSPS) is 22.3. The number of aromatic nitrogens is 8. The highest BCUT2D eigenvalue weighted by Crippen LogP contribution is 2.36. The van der Waals surface area contributed by atoms with E-state index < -0.39 is 49.1 Å². The van der Waals surface area contributed by atoms with Gasteiger partial charge in [-0.25, -0.2) is 29.9 Å². The number of imidazole rings is 2. The third kappa shape index (κ3) is 13.0. The van der Waals surface area contributed by atoms with Crippen LogP contribution >= 0.6 is 0 Å². The fourth-order valence-corrected chi connectivity index (χ4v) is 11.1. The van der Waals surface area contributed by atoms with Crippen molar-refractivity contribution >= 4 is 34.0 Å². The average molecular weight is 1090 g/mol. The van der Waals surface area contributed by atoms with Crippen LogP contribution in [0.1, 0.15) is 90.3 Å². The van der Waals surface area contributed by atoms with Gasteiger partial charge in [-0.05, 0) is 41.6 Å². The van der Waals surface area contributed by atoms with E-state index in [0.717, 1.165) is 6.54 Å². The summed E-state index contributed by atoms with van der Waals surface area (Å²) < 4.78 is 25.6. The number of methoxy groups -OCH3 is 2. The van der Waals surface area contributed by atoms with Gasteiger partial charge in [0.25, 0.3) is 0 Å². The fraction of sp³-hybridized carbons (Fsp3) is 0.433. The average Bonchev–Trinajstić information content (AvgIpc) is 4.47. The van der Waals surface area contributed by atoms with Gasteiger partial charge in [-0.15, -0.1) is 0 Å². The molecule has 8 aromatic rings. The van der Waals surface area contributed by atoms with Crippen molar-refractivity contribution in [1.82, 2.24) is 44.4 Å². The number of nitrogens with zero attached hydrogens (tertiary/aromatic N) is 8. The zero-order valence-electron chi connectivity index (χ0n) is 45.3. The molecule has 3 aliphatic rings. The number of aliphatic hydroxyl groups excluding tert-OH is 4. The molecule has 9 N–H and O–H groups in total. The van der Waals surface area contributed by atoms with E-state index in [0.29, 0.717) is 84.1 Å². The first-order chi connectivity index (χ1) is 39.2. The minimum atomic E-state index is -1.16. The molecule has 422 valence electrons. The molecule has 1 saturated carbocycles. The first-order valence-corrected chi connectivity index (χ1v) is 27.8. The molecular formula is C60H74N12O8. The van der Waals surface area contributed by atoms with Gasteiger partial charge in [0.15, 0.2) is 46.4 Å². The Kier molecular flexibility index (Phi) is 19.1. The Labute approximate surface area is 465 Å². The maximum absolute atomic E-state index is 10.9. The van der Waals surface area contributed by atoms with E-state index in [-0.39, 0.29) is 25.0 Å². The first kappa shape index (κ1) is 56.5. The second-order valence-corrected chi connectivity index (χ2v) is 20.7. The lowest BCUT2D eigenvalue weighted by molar-refractivity contribution is -0.0580. The van der Waals surface area contributed by atoms with E-state index >= 15 is 0 Å². The first-order valence-electron chi connectivity index (χ1n) is 27.8. The standard InChI is InChI=1S/C33H42N6O4.C27H32N6O4/c1-42-20-26-29(40)30(41)33(43-26)39-21-36-28-31(37-27(38-32(28)39)17-18-34-24-15-9-4-10-16-24)35-19-25(22-11-5-2-6-12-22)23-13-7-3-8-14-23;1-36-15-20-23(34)24(35)27(37-20)33-16-30-22-25(31-21(12-13-28)32-26(22)33)29-14-19(17-8-4-2-5-9-17)18-10-6-3-7-11-18/h2-3,5-8,11-14,21,24-26,29-30,33-34,40-41H,4,9-10,15-20H2,1H3,(H,35,37,38);2-11,16,19-20,23-24,27,34-35H,12-15,28H2,1H3,(H,29,31,32)/t26-,29-,30-,33-;20-,23-,24-,27-/m11/s1. The summed E-state index contributed by atoms with van der Waals surface area (Å²) in [6, 6.07) is 42.0. The Morgan fingerprint density at radius 1 is 0.550 bits per heavy atom. The summed E-state index contributed by atoms with van der Waals surface area (Å²) >= 11 is 0. The monoisotopic (exact) mass is 1090 g/mol. The predicted molar refractivity (Wildman–Crippen MR) is 304 cm³/mol. The number of ether oxygens (including phenoxy) is 4. The van der Waals surface area contributed by atoms with Gasteiger partial charge in [0.1, 0.15) is 48.3 Å². The van der Waals surface area contributed by atoms with Gasteiger partial charge in [-0.2, -0.15) is 0 Å². The van der Waals surface area contributed by atoms with Crippen LogP contribution in [0.3, 0.4) is 0 Å². The molecule has 3 fully saturated rings. The van der Waals surface area contributed by atoms with Crippen molar-refractivity contribution < 1.29 is 39.4 Å². The molecular weight excluding hydrogens is 1020 g/mol. The van der Waals surface area contributed by atoms with Gasteiger partial charge in [0, 0.05) is 64.6 Å². The summed E-state index contributed by atoms with van der Waals surface area (Å²) in [5.41, 5.74) is 12.8. The smallest absolute Gasteiger partial charge is 0.167 e. The van der Waals surface area contributed by atoms with Crippen LogP contribution in [0.5, 0.6) is 0 Å². The Morgan fingerprint density at radius 2 is 0.950 bits per heavy atom. The summed E-state index contributed by atoms with van der Waals surface area (Å²) in [7, 11) is 3.06. The minimum Gasteiger partial charge on any atom is -0.387 e. The fourth-order valence-electron chi connectivity index (χ4n) is 11.1. The van der Waals surface area contributed by atoms with E-state index in [2.05, 4.69) is 104 Å². The summed E-state index contributed by atoms with van der Waals surface area (Å²) in [6.07, 6.45) is 3.04. The number of rotatable bonds is 22. The number of nitrogens with two attached hydrogens (primary N) is 1. The maximum Gasteiger partial charge on any atom is 0.167 e. The topological polar surface area (TPSA) is 267 Å². The number of hydrogen-bond acceptors (Lipinski definition) is 18. The van der Waals surface area contributed by atoms with Crippen molar-refractivity contribution in [3.63, 3.8) is 0 Å². The van der Waals surface area contributed by atoms with Crippen molar-refractivity contribution in [2.75, 3.05) is 64.2 Å². The molecule has 4 aromatic heterocycles. The van der Waals surface area contributed by atoms with E-state index in [1.807, 2.05) is 48.5 Å². The predicted octanol–water partition coefficient (Wildman–Crippen LogP) is 5.64. The molecule has 1 aliphatic carbocycles. The second kappa shape index (κ2) is 27.1. The lowest BCUT2D eigenvalue weighted by atomic mass is 9.91. The van der Waals surface area contributed by atoms with Crippen LogP contribution in [0.25, 0.3) is 22.3 Å². The molecule has 0 bridgehead atoms. The molecule has 20 heteroatoms. The van der Waals surface area contributed by atoms with Crippen LogP contribution in [0.2, 0.25) is 0 Å². The van der Waals surface area contributed by atoms with Crippen LogP contribution in [-0.2, 0) is 31.8 Å². The van der Waals surface area contributed by atoms with Crippen LogP contribution < -0.4 is 21.7 Å². The zero-order chi connectivity index (χ0) is 55.4. The highest BCUT2D eigenvalue weighted by atomic mass is 16.6. The summed E-state index contributed by atoms with van der Waals surface area (Å²) in [6.45, 7) is 2.66. The Bertz CT molecular complexity index is 3090. The molecule has 0 radical (unpaired) electrons. The van der Waals surface area contributed by atoms with E-state index in [9.17, 15) is 20.4 Å². The van der Waals surface area contributed by atoms with Crippen molar-refractivity contribution in [3.8, 4) is 0 Å². The minimum absolute atomic E-state index is 0.0809. The molecule has 2 aliphatic heterocycles. The second-order valence-electron chi connectivity index (χ2n) is 20.7. The number of fused-ring (bicyclic) bond motifs is 2. The van der Waals surface area contributed by atoms with Gasteiger partial charge >= 0.3 is 0 Å². The van der Waals surface area contributed by atoms with Gasteiger partial charge in [0.05, 0.1) is 25.9 Å². The number of nitrogens with one attached hydrogen (secondary N) is 3. The third-order valence-corrected chi connectivity index (χ3v) is 15.3. The van der Waals surface area contributed by atoms with E-state index in [1.54, 1.807) is 28.9 Å². The maximum atomic E-state index is 10.9. The van der Waals surface area contributed by atoms with Crippen molar-refractivity contribution in [1.29, 1.82) is 0 Å². The summed E-state index contributed by atoms with van der Waals surface area (Å²) in [5.74, 6) is 2.61. The SMILES string of the molecule is COC[C@H]1O[C@@H](n2cnc3c(NCC(c4ccccc4)c4ccccc4)nc(CCN)nc32)[C@H](O)[C@@H]1O.COC[C@H]1O[C@@H](n2cnc3c(NCC(c4ccccc4)c4ccccc4)nc(CCNC4CCCCC4)nc32)[C@H](O)[C@@H]1O.